The Bertz CT molecular complexity index is 360. The highest BCUT2D eigenvalue weighted by Crippen LogP contribution is 2.20. The molecule has 0 fully saturated rings. The van der Waals surface area contributed by atoms with Gasteiger partial charge in [0.2, 0.25) is 17.7 Å². The Kier molecular flexibility index (Phi) is 5.12. The van der Waals surface area contributed by atoms with E-state index in [1.54, 1.807) is 6.92 Å². The Balaban J connectivity index is 2.70. The van der Waals surface area contributed by atoms with Crippen molar-refractivity contribution < 1.29 is 9.21 Å². The van der Waals surface area contributed by atoms with Crippen molar-refractivity contribution in [2.24, 2.45) is 5.92 Å². The Hall–Kier alpha value is -1.39. The molecule has 5 heteroatoms. The summed E-state index contributed by atoms with van der Waals surface area (Å²) in [6, 6.07) is -0.171. The summed E-state index contributed by atoms with van der Waals surface area (Å²) in [6.07, 6.45) is 2.17. The fourth-order valence-electron chi connectivity index (χ4n) is 1.64. The third-order valence-corrected chi connectivity index (χ3v) is 2.36. The summed E-state index contributed by atoms with van der Waals surface area (Å²) in [7, 11) is 0. The molecule has 0 saturated carbocycles. The highest BCUT2D eigenvalue weighted by atomic mass is 16.4. The first-order chi connectivity index (χ1) is 8.02. The third kappa shape index (κ3) is 4.54. The summed E-state index contributed by atoms with van der Waals surface area (Å²) in [5.41, 5.74) is 0. The lowest BCUT2D eigenvalue weighted by Gasteiger charge is -2.16. The zero-order valence-electron chi connectivity index (χ0n) is 11.0. The molecule has 0 aliphatic carbocycles. The van der Waals surface area contributed by atoms with Gasteiger partial charge in [0, 0.05) is 13.3 Å². The minimum atomic E-state index is -0.171. The van der Waals surface area contributed by atoms with Crippen molar-refractivity contribution in [1.82, 2.24) is 15.5 Å². The maximum absolute atomic E-state index is 11.6. The Labute approximate surface area is 102 Å². The number of amides is 1. The molecule has 0 bridgehead atoms. The molecule has 1 aromatic heterocycles. The maximum Gasteiger partial charge on any atom is 0.238 e. The van der Waals surface area contributed by atoms with Gasteiger partial charge in [-0.3, -0.25) is 4.79 Å². The molecule has 1 atom stereocenters. The first-order valence-electron chi connectivity index (χ1n) is 6.12. The monoisotopic (exact) mass is 239 g/mol. The molecular weight excluding hydrogens is 218 g/mol. The predicted octanol–water partition coefficient (Wildman–Crippen LogP) is 2.38. The number of aryl methyl sites for hydroxylation is 1. The van der Waals surface area contributed by atoms with Crippen LogP contribution in [0.25, 0.3) is 0 Å². The molecular formula is C12H21N3O2. The van der Waals surface area contributed by atoms with Crippen LogP contribution in [0, 0.1) is 12.8 Å². The molecule has 0 aromatic carbocycles. The van der Waals surface area contributed by atoms with Crippen LogP contribution in [-0.2, 0) is 4.79 Å². The average Bonchev–Trinajstić information content (AvgIpc) is 2.63. The number of carbonyl (C=O) groups excluding carboxylic acids is 1. The van der Waals surface area contributed by atoms with Crippen molar-refractivity contribution >= 4 is 5.91 Å². The van der Waals surface area contributed by atoms with E-state index in [4.69, 9.17) is 4.42 Å². The van der Waals surface area contributed by atoms with Crippen LogP contribution in [0.5, 0.6) is 0 Å². The molecule has 0 radical (unpaired) electrons. The van der Waals surface area contributed by atoms with E-state index in [-0.39, 0.29) is 11.9 Å². The number of nitrogens with one attached hydrogen (secondary N) is 1. The normalized spacial score (nSPS) is 12.8. The van der Waals surface area contributed by atoms with Gasteiger partial charge in [-0.25, -0.2) is 0 Å². The van der Waals surface area contributed by atoms with Gasteiger partial charge in [0.05, 0.1) is 0 Å². The van der Waals surface area contributed by atoms with Crippen LogP contribution in [-0.4, -0.2) is 16.1 Å². The average molecular weight is 239 g/mol. The number of hydrogen-bond acceptors (Lipinski definition) is 4. The summed E-state index contributed by atoms with van der Waals surface area (Å²) in [4.78, 5) is 11.6. The Morgan fingerprint density at radius 1 is 1.41 bits per heavy atom. The molecule has 0 saturated heterocycles. The summed E-state index contributed by atoms with van der Waals surface area (Å²) < 4.78 is 5.39. The SMILES string of the molecule is CCCC(=O)NC(CC(C)C)c1nnc(C)o1. The summed E-state index contributed by atoms with van der Waals surface area (Å²) in [5, 5.41) is 10.7. The lowest BCUT2D eigenvalue weighted by Crippen LogP contribution is -2.29. The van der Waals surface area contributed by atoms with Gasteiger partial charge in [0.15, 0.2) is 0 Å². The Morgan fingerprint density at radius 3 is 2.59 bits per heavy atom. The number of rotatable bonds is 6. The highest BCUT2D eigenvalue weighted by Gasteiger charge is 2.21. The molecule has 1 amide bonds. The smallest absolute Gasteiger partial charge is 0.238 e. The van der Waals surface area contributed by atoms with E-state index in [1.165, 1.54) is 0 Å². The number of hydrogen-bond donors (Lipinski definition) is 1. The quantitative estimate of drug-likeness (QED) is 0.827. The van der Waals surface area contributed by atoms with Crippen LogP contribution in [0.2, 0.25) is 0 Å². The molecule has 0 spiro atoms. The van der Waals surface area contributed by atoms with Gasteiger partial charge in [0.25, 0.3) is 0 Å². The van der Waals surface area contributed by atoms with Crippen molar-refractivity contribution in [1.29, 1.82) is 0 Å². The van der Waals surface area contributed by atoms with E-state index in [0.717, 1.165) is 12.8 Å². The molecule has 0 aliphatic rings. The van der Waals surface area contributed by atoms with E-state index in [2.05, 4.69) is 29.4 Å². The molecule has 1 heterocycles. The highest BCUT2D eigenvalue weighted by molar-refractivity contribution is 5.76. The fraction of sp³-hybridized carbons (Fsp3) is 0.750. The van der Waals surface area contributed by atoms with E-state index < -0.39 is 0 Å². The van der Waals surface area contributed by atoms with Gasteiger partial charge >= 0.3 is 0 Å². The summed E-state index contributed by atoms with van der Waals surface area (Å²) >= 11 is 0. The molecule has 96 valence electrons. The molecule has 1 rings (SSSR count). The maximum atomic E-state index is 11.6. The molecule has 0 aliphatic heterocycles. The number of aromatic nitrogens is 2. The molecule has 1 aromatic rings. The topological polar surface area (TPSA) is 68.0 Å². The second-order valence-corrected chi connectivity index (χ2v) is 4.66. The second kappa shape index (κ2) is 6.37. The molecule has 1 unspecified atom stereocenters. The van der Waals surface area contributed by atoms with Crippen molar-refractivity contribution in [2.45, 2.75) is 53.0 Å². The minimum absolute atomic E-state index is 0.0361. The van der Waals surface area contributed by atoms with Gasteiger partial charge in [-0.2, -0.15) is 0 Å². The predicted molar refractivity (Wildman–Crippen MR) is 64.3 cm³/mol. The zero-order valence-corrected chi connectivity index (χ0v) is 11.0. The summed E-state index contributed by atoms with van der Waals surface area (Å²) in [5.74, 6) is 1.52. The van der Waals surface area contributed by atoms with Crippen LogP contribution in [0.3, 0.4) is 0 Å². The number of carbonyl (C=O) groups is 1. The molecule has 1 N–H and O–H groups in total. The van der Waals surface area contributed by atoms with Crippen molar-refractivity contribution in [3.05, 3.63) is 11.8 Å². The van der Waals surface area contributed by atoms with Crippen LogP contribution < -0.4 is 5.32 Å². The molecule has 5 nitrogen and oxygen atoms in total. The Morgan fingerprint density at radius 2 is 2.12 bits per heavy atom. The lowest BCUT2D eigenvalue weighted by atomic mass is 10.0. The largest absolute Gasteiger partial charge is 0.423 e. The standard InChI is InChI=1S/C12H21N3O2/c1-5-6-11(16)13-10(7-8(2)3)12-15-14-9(4)17-12/h8,10H,5-7H2,1-4H3,(H,13,16). The van der Waals surface area contributed by atoms with E-state index in [1.807, 2.05) is 6.92 Å². The van der Waals surface area contributed by atoms with Gasteiger partial charge in [-0.15, -0.1) is 10.2 Å². The van der Waals surface area contributed by atoms with Gasteiger partial charge in [-0.1, -0.05) is 20.8 Å². The van der Waals surface area contributed by atoms with Crippen LogP contribution in [0.4, 0.5) is 0 Å². The zero-order chi connectivity index (χ0) is 12.8. The van der Waals surface area contributed by atoms with E-state index in [9.17, 15) is 4.79 Å². The first kappa shape index (κ1) is 13.7. The first-order valence-corrected chi connectivity index (χ1v) is 6.12. The third-order valence-electron chi connectivity index (χ3n) is 2.36. The van der Waals surface area contributed by atoms with Crippen molar-refractivity contribution in [3.8, 4) is 0 Å². The van der Waals surface area contributed by atoms with Gasteiger partial charge in [-0.05, 0) is 18.8 Å². The number of nitrogens with zero attached hydrogens (tertiary/aromatic N) is 2. The lowest BCUT2D eigenvalue weighted by molar-refractivity contribution is -0.122. The van der Waals surface area contributed by atoms with Gasteiger partial charge in [0.1, 0.15) is 6.04 Å². The van der Waals surface area contributed by atoms with E-state index >= 15 is 0 Å². The molecule has 17 heavy (non-hydrogen) atoms. The van der Waals surface area contributed by atoms with Crippen molar-refractivity contribution in [2.75, 3.05) is 0 Å². The van der Waals surface area contributed by atoms with Crippen LogP contribution in [0.1, 0.15) is 57.9 Å². The minimum Gasteiger partial charge on any atom is -0.423 e. The second-order valence-electron chi connectivity index (χ2n) is 4.66. The van der Waals surface area contributed by atoms with Crippen LogP contribution in [0.15, 0.2) is 4.42 Å². The van der Waals surface area contributed by atoms with Gasteiger partial charge < -0.3 is 9.73 Å². The van der Waals surface area contributed by atoms with E-state index in [0.29, 0.717) is 24.1 Å². The van der Waals surface area contributed by atoms with Crippen LogP contribution >= 0.6 is 0 Å². The van der Waals surface area contributed by atoms with Crippen molar-refractivity contribution in [3.63, 3.8) is 0 Å². The summed E-state index contributed by atoms with van der Waals surface area (Å²) in [6.45, 7) is 7.93. The fourth-order valence-corrected chi connectivity index (χ4v) is 1.64.